The quantitative estimate of drug-likeness (QED) is 0.0246. The normalized spacial score (nSPS) is 12.2. The number of rotatable bonds is 39. The van der Waals surface area contributed by atoms with Crippen LogP contribution in [0.2, 0.25) is 0 Å². The fraction of sp³-hybridized carbons (Fsp3) is 0.864. The van der Waals surface area contributed by atoms with Crippen molar-refractivity contribution in [2.75, 3.05) is 39.3 Å². The molecule has 0 aliphatic rings. The van der Waals surface area contributed by atoms with Crippen molar-refractivity contribution in [3.63, 3.8) is 0 Å². The molecule has 320 valence electrons. The Labute approximate surface area is 334 Å². The van der Waals surface area contributed by atoms with Crippen molar-refractivity contribution < 1.29 is 31.6 Å². The van der Waals surface area contributed by atoms with Crippen molar-refractivity contribution in [3.8, 4) is 0 Å². The molecule has 0 aromatic rings. The third kappa shape index (κ3) is 48.3. The standard InChI is InChI=1S/C42H81N3O2.C2H6O4S/c1-4-7-9-11-13-15-17-19-21-23-25-27-29-31-33-35-41(46)43-37-39-45(6-3)40-38-44-42(47)36-34-32-30-28-26-24-22-20-18-16-14-12-10-8-5-2;1-2-6-7(3,4)5/h19-22H,4-18,23-40H2,1-3H3,(H,43,46)(H,44,47);2H2,1H3,(H,3,4,5). The average Bonchev–Trinajstić information content (AvgIpc) is 3.14. The molecule has 54 heavy (non-hydrogen) atoms. The van der Waals surface area contributed by atoms with Gasteiger partial charge in [-0.05, 0) is 78.1 Å². The van der Waals surface area contributed by atoms with E-state index < -0.39 is 10.4 Å². The van der Waals surface area contributed by atoms with Crippen LogP contribution in [0.1, 0.15) is 207 Å². The second kappa shape index (κ2) is 44.0. The number of carbonyl (C=O) groups is 2. The molecule has 0 aromatic heterocycles. The number of hydrogen-bond donors (Lipinski definition) is 3. The summed E-state index contributed by atoms with van der Waals surface area (Å²) in [6.45, 7) is 12.3. The molecule has 2 amide bonds. The Hall–Kier alpha value is -1.75. The molecule has 0 saturated heterocycles. The predicted molar refractivity (Wildman–Crippen MR) is 227 cm³/mol. The Morgan fingerprint density at radius 3 is 1.11 bits per heavy atom. The average molecular weight is 786 g/mol. The summed E-state index contributed by atoms with van der Waals surface area (Å²) in [5, 5.41) is 6.22. The molecule has 0 atom stereocenters. The first-order valence-corrected chi connectivity index (χ1v) is 23.8. The van der Waals surface area contributed by atoms with Crippen LogP contribution < -0.4 is 15.5 Å². The van der Waals surface area contributed by atoms with Crippen LogP contribution in [0.5, 0.6) is 0 Å². The van der Waals surface area contributed by atoms with Gasteiger partial charge in [-0.15, -0.1) is 0 Å². The van der Waals surface area contributed by atoms with E-state index in [1.165, 1.54) is 153 Å². The van der Waals surface area contributed by atoms with E-state index in [2.05, 4.69) is 59.9 Å². The molecule has 0 heterocycles. The minimum absolute atomic E-state index is 0.0914. The maximum atomic E-state index is 12.2. The summed E-state index contributed by atoms with van der Waals surface area (Å²) in [7, 11) is -4.42. The Balaban J connectivity index is 0. The molecule has 9 nitrogen and oxygen atoms in total. The molecule has 0 aliphatic carbocycles. The van der Waals surface area contributed by atoms with E-state index in [-0.39, 0.29) is 18.4 Å². The van der Waals surface area contributed by atoms with Crippen LogP contribution in [0.3, 0.4) is 0 Å². The van der Waals surface area contributed by atoms with Crippen LogP contribution in [0, 0.1) is 0 Å². The molecule has 0 aliphatic heterocycles. The van der Waals surface area contributed by atoms with Crippen molar-refractivity contribution in [1.29, 1.82) is 0 Å². The minimum Gasteiger partial charge on any atom is -0.726 e. The fourth-order valence-corrected chi connectivity index (χ4v) is 6.56. The van der Waals surface area contributed by atoms with E-state index in [0.29, 0.717) is 12.8 Å². The van der Waals surface area contributed by atoms with E-state index >= 15 is 0 Å². The van der Waals surface area contributed by atoms with Crippen LogP contribution in [-0.2, 0) is 24.2 Å². The lowest BCUT2D eigenvalue weighted by atomic mass is 10.1. The lowest BCUT2D eigenvalue weighted by molar-refractivity contribution is -0.895. The van der Waals surface area contributed by atoms with Gasteiger partial charge in [0, 0.05) is 12.8 Å². The first-order valence-electron chi connectivity index (χ1n) is 22.5. The summed E-state index contributed by atoms with van der Waals surface area (Å²) in [6.07, 6.45) is 44.0. The zero-order valence-corrected chi connectivity index (χ0v) is 36.5. The number of allylic oxidation sites excluding steroid dienone is 4. The molecular weight excluding hydrogens is 699 g/mol. The van der Waals surface area contributed by atoms with E-state index in [9.17, 15) is 22.6 Å². The first-order chi connectivity index (χ1) is 26.2. The Bertz CT molecular complexity index is 915. The van der Waals surface area contributed by atoms with E-state index in [4.69, 9.17) is 0 Å². The highest BCUT2D eigenvalue weighted by Crippen LogP contribution is 2.11. The molecule has 10 heteroatoms. The van der Waals surface area contributed by atoms with Crippen LogP contribution in [0.4, 0.5) is 0 Å². The third-order valence-corrected chi connectivity index (χ3v) is 10.2. The second-order valence-electron chi connectivity index (χ2n) is 14.8. The summed E-state index contributed by atoms with van der Waals surface area (Å²) >= 11 is 0. The van der Waals surface area contributed by atoms with Gasteiger partial charge < -0.3 is 20.1 Å². The van der Waals surface area contributed by atoms with Gasteiger partial charge in [0.15, 0.2) is 0 Å². The van der Waals surface area contributed by atoms with Gasteiger partial charge in [0.25, 0.3) is 0 Å². The number of carbonyl (C=O) groups excluding carboxylic acids is 2. The highest BCUT2D eigenvalue weighted by molar-refractivity contribution is 7.80. The minimum atomic E-state index is -4.42. The number of quaternary nitrogens is 1. The lowest BCUT2D eigenvalue weighted by Gasteiger charge is -2.18. The number of nitrogens with one attached hydrogen (secondary N) is 3. The SMILES string of the molecule is CCCCCCCCC=CCCCCCCCC(=O)NCC[NH+](CC)CCNC(=O)CCCCCCCC=CCCCCCCCC.CCOS(=O)(=O)[O-]. The smallest absolute Gasteiger partial charge is 0.220 e. The van der Waals surface area contributed by atoms with Crippen molar-refractivity contribution >= 4 is 22.2 Å². The lowest BCUT2D eigenvalue weighted by Crippen LogP contribution is -3.13. The summed E-state index contributed by atoms with van der Waals surface area (Å²) < 4.78 is 32.0. The third-order valence-electron chi connectivity index (χ3n) is 9.69. The second-order valence-corrected chi connectivity index (χ2v) is 15.8. The van der Waals surface area contributed by atoms with Crippen molar-refractivity contribution in [1.82, 2.24) is 10.6 Å². The molecule has 0 unspecified atom stereocenters. The van der Waals surface area contributed by atoms with Gasteiger partial charge in [-0.1, -0.05) is 141 Å². The Kier molecular flexibility index (Phi) is 44.3. The van der Waals surface area contributed by atoms with Crippen LogP contribution in [0.25, 0.3) is 0 Å². The van der Waals surface area contributed by atoms with Gasteiger partial charge in [-0.3, -0.25) is 13.8 Å². The molecule has 0 radical (unpaired) electrons. The summed E-state index contributed by atoms with van der Waals surface area (Å²) in [6, 6.07) is 0. The highest BCUT2D eigenvalue weighted by Gasteiger charge is 2.09. The van der Waals surface area contributed by atoms with Gasteiger partial charge in [0.2, 0.25) is 22.2 Å². The molecule has 0 rings (SSSR count). The van der Waals surface area contributed by atoms with Crippen molar-refractivity contribution in [3.05, 3.63) is 24.3 Å². The maximum absolute atomic E-state index is 12.2. The number of amides is 2. The Morgan fingerprint density at radius 1 is 0.519 bits per heavy atom. The molecule has 0 spiro atoms. The number of likely N-dealkylation sites (N-methyl/N-ethyl adjacent to an activating group) is 1. The molecule has 0 bridgehead atoms. The van der Waals surface area contributed by atoms with E-state index in [1.54, 1.807) is 0 Å². The van der Waals surface area contributed by atoms with Gasteiger partial charge in [-0.2, -0.15) is 0 Å². The van der Waals surface area contributed by atoms with Crippen molar-refractivity contribution in [2.45, 2.75) is 207 Å². The van der Waals surface area contributed by atoms with E-state index in [0.717, 1.165) is 58.4 Å². The molecule has 0 fully saturated rings. The van der Waals surface area contributed by atoms with E-state index in [1.807, 2.05) is 0 Å². The molecule has 0 aromatic carbocycles. The highest BCUT2D eigenvalue weighted by atomic mass is 32.3. The van der Waals surface area contributed by atoms with Gasteiger partial charge >= 0.3 is 0 Å². The topological polar surface area (TPSA) is 129 Å². The fourth-order valence-electron chi connectivity index (χ4n) is 6.27. The summed E-state index contributed by atoms with van der Waals surface area (Å²) in [5.74, 6) is 0.373. The zero-order valence-electron chi connectivity index (χ0n) is 35.7. The predicted octanol–water partition coefficient (Wildman–Crippen LogP) is 9.68. The first kappa shape index (κ1) is 54.4. The maximum Gasteiger partial charge on any atom is 0.220 e. The number of unbranched alkanes of at least 4 members (excludes halogenated alkanes) is 22. The van der Waals surface area contributed by atoms with Crippen LogP contribution >= 0.6 is 0 Å². The largest absolute Gasteiger partial charge is 0.726 e. The van der Waals surface area contributed by atoms with Gasteiger partial charge in [-0.25, -0.2) is 8.42 Å². The summed E-state index contributed by atoms with van der Waals surface area (Å²) in [4.78, 5) is 25.9. The van der Waals surface area contributed by atoms with Gasteiger partial charge in [0.05, 0.1) is 39.3 Å². The zero-order chi connectivity index (χ0) is 40.2. The Morgan fingerprint density at radius 2 is 0.833 bits per heavy atom. The van der Waals surface area contributed by atoms with Crippen molar-refractivity contribution in [2.24, 2.45) is 0 Å². The molecular formula is C44H87N3O6S. The molecule has 0 saturated carbocycles. The van der Waals surface area contributed by atoms with Crippen LogP contribution in [0.15, 0.2) is 24.3 Å². The monoisotopic (exact) mass is 786 g/mol. The summed E-state index contributed by atoms with van der Waals surface area (Å²) in [5.41, 5.74) is 0. The number of hydrogen-bond acceptors (Lipinski definition) is 6. The van der Waals surface area contributed by atoms with Crippen LogP contribution in [-0.4, -0.2) is 64.1 Å². The molecule has 3 N–H and O–H groups in total. The van der Waals surface area contributed by atoms with Gasteiger partial charge in [0.1, 0.15) is 0 Å².